The van der Waals surface area contributed by atoms with E-state index in [9.17, 15) is 4.39 Å². The standard InChI is InChI=1S/C15H23FN2O/c1-15(2,11-5-7-19-8-6-11)10-18-14-4-3-12(16)9-13(14)17/h3-4,9,11,18H,5-8,10,17H2,1-2H3. The van der Waals surface area contributed by atoms with Gasteiger partial charge in [0.15, 0.2) is 0 Å². The molecule has 1 aliphatic rings. The molecule has 3 nitrogen and oxygen atoms in total. The van der Waals surface area contributed by atoms with Crippen LogP contribution in [0.15, 0.2) is 18.2 Å². The summed E-state index contributed by atoms with van der Waals surface area (Å²) in [7, 11) is 0. The van der Waals surface area contributed by atoms with E-state index in [0.717, 1.165) is 38.3 Å². The first-order chi connectivity index (χ1) is 8.99. The third-order valence-electron chi connectivity index (χ3n) is 4.07. The van der Waals surface area contributed by atoms with Crippen LogP contribution in [-0.4, -0.2) is 19.8 Å². The Morgan fingerprint density at radius 3 is 2.68 bits per heavy atom. The molecule has 0 amide bonds. The maximum absolute atomic E-state index is 13.0. The lowest BCUT2D eigenvalue weighted by molar-refractivity contribution is 0.0269. The van der Waals surface area contributed by atoms with Crippen LogP contribution in [0.4, 0.5) is 15.8 Å². The molecule has 0 aliphatic carbocycles. The molecule has 1 fully saturated rings. The molecule has 1 heterocycles. The molecule has 0 bridgehead atoms. The van der Waals surface area contributed by atoms with Crippen molar-refractivity contribution < 1.29 is 9.13 Å². The SMILES string of the molecule is CC(C)(CNc1ccc(F)cc1N)C1CCOCC1. The zero-order chi connectivity index (χ0) is 13.9. The summed E-state index contributed by atoms with van der Waals surface area (Å²) in [5, 5.41) is 3.35. The molecule has 1 aromatic rings. The number of hydrogen-bond acceptors (Lipinski definition) is 3. The number of nitrogens with two attached hydrogens (primary N) is 1. The minimum absolute atomic E-state index is 0.171. The number of hydrogen-bond donors (Lipinski definition) is 2. The molecule has 0 aromatic heterocycles. The Kier molecular flexibility index (Phi) is 4.30. The first-order valence-corrected chi connectivity index (χ1v) is 6.86. The fraction of sp³-hybridized carbons (Fsp3) is 0.600. The highest BCUT2D eigenvalue weighted by Gasteiger charge is 2.30. The number of nitrogens with one attached hydrogen (secondary N) is 1. The second kappa shape index (κ2) is 5.78. The summed E-state index contributed by atoms with van der Waals surface area (Å²) in [4.78, 5) is 0. The van der Waals surface area contributed by atoms with Crippen molar-refractivity contribution in [2.24, 2.45) is 11.3 Å². The molecule has 19 heavy (non-hydrogen) atoms. The summed E-state index contributed by atoms with van der Waals surface area (Å²) in [6.45, 7) is 7.05. The van der Waals surface area contributed by atoms with Gasteiger partial charge in [0.1, 0.15) is 5.82 Å². The normalized spacial score (nSPS) is 17.4. The molecule has 1 aromatic carbocycles. The van der Waals surface area contributed by atoms with Crippen LogP contribution in [-0.2, 0) is 4.74 Å². The van der Waals surface area contributed by atoms with Crippen molar-refractivity contribution in [2.45, 2.75) is 26.7 Å². The van der Waals surface area contributed by atoms with Gasteiger partial charge in [0, 0.05) is 19.8 Å². The summed E-state index contributed by atoms with van der Waals surface area (Å²) in [5.41, 5.74) is 7.25. The number of halogens is 1. The summed E-state index contributed by atoms with van der Waals surface area (Å²) in [5.74, 6) is 0.349. The van der Waals surface area contributed by atoms with E-state index >= 15 is 0 Å². The van der Waals surface area contributed by atoms with Crippen LogP contribution in [0, 0.1) is 17.2 Å². The Labute approximate surface area is 114 Å². The Bertz CT molecular complexity index is 428. The lowest BCUT2D eigenvalue weighted by atomic mass is 9.74. The van der Waals surface area contributed by atoms with Crippen LogP contribution in [0.2, 0.25) is 0 Å². The lowest BCUT2D eigenvalue weighted by Gasteiger charge is -2.37. The van der Waals surface area contributed by atoms with Gasteiger partial charge in [-0.2, -0.15) is 0 Å². The van der Waals surface area contributed by atoms with Crippen molar-refractivity contribution in [1.29, 1.82) is 0 Å². The van der Waals surface area contributed by atoms with Crippen molar-refractivity contribution in [3.63, 3.8) is 0 Å². The second-order valence-electron chi connectivity index (χ2n) is 5.96. The molecular formula is C15H23FN2O. The number of benzene rings is 1. The van der Waals surface area contributed by atoms with E-state index in [0.29, 0.717) is 11.6 Å². The van der Waals surface area contributed by atoms with Gasteiger partial charge in [0.25, 0.3) is 0 Å². The van der Waals surface area contributed by atoms with Gasteiger partial charge >= 0.3 is 0 Å². The zero-order valence-corrected chi connectivity index (χ0v) is 11.7. The third-order valence-corrected chi connectivity index (χ3v) is 4.07. The zero-order valence-electron chi connectivity index (χ0n) is 11.7. The molecule has 4 heteroatoms. The first-order valence-electron chi connectivity index (χ1n) is 6.86. The van der Waals surface area contributed by atoms with Crippen LogP contribution in [0.5, 0.6) is 0 Å². The molecule has 1 aliphatic heterocycles. The van der Waals surface area contributed by atoms with E-state index in [1.165, 1.54) is 12.1 Å². The third kappa shape index (κ3) is 3.60. The fourth-order valence-corrected chi connectivity index (χ4v) is 2.64. The Morgan fingerprint density at radius 2 is 2.05 bits per heavy atom. The van der Waals surface area contributed by atoms with Gasteiger partial charge < -0.3 is 15.8 Å². The average molecular weight is 266 g/mol. The topological polar surface area (TPSA) is 47.3 Å². The molecule has 0 spiro atoms. The van der Waals surface area contributed by atoms with Crippen molar-refractivity contribution in [2.75, 3.05) is 30.8 Å². The Hall–Kier alpha value is -1.29. The van der Waals surface area contributed by atoms with Gasteiger partial charge in [0.2, 0.25) is 0 Å². The highest BCUT2D eigenvalue weighted by Crippen LogP contribution is 2.35. The predicted molar refractivity (Wildman–Crippen MR) is 76.6 cm³/mol. The van der Waals surface area contributed by atoms with Gasteiger partial charge in [-0.25, -0.2) is 4.39 Å². The minimum atomic E-state index is -0.299. The second-order valence-corrected chi connectivity index (χ2v) is 5.96. The monoisotopic (exact) mass is 266 g/mol. The number of ether oxygens (including phenoxy) is 1. The molecule has 0 radical (unpaired) electrons. The van der Waals surface area contributed by atoms with Crippen molar-refractivity contribution >= 4 is 11.4 Å². The van der Waals surface area contributed by atoms with E-state index in [1.807, 2.05) is 0 Å². The predicted octanol–water partition coefficient (Wildman–Crippen LogP) is 3.27. The summed E-state index contributed by atoms with van der Waals surface area (Å²) in [6.07, 6.45) is 2.21. The maximum atomic E-state index is 13.0. The van der Waals surface area contributed by atoms with Crippen LogP contribution < -0.4 is 11.1 Å². The van der Waals surface area contributed by atoms with E-state index in [2.05, 4.69) is 19.2 Å². The number of rotatable bonds is 4. The smallest absolute Gasteiger partial charge is 0.125 e. The van der Waals surface area contributed by atoms with E-state index < -0.39 is 0 Å². The molecule has 2 rings (SSSR count). The first kappa shape index (κ1) is 14.1. The molecule has 3 N–H and O–H groups in total. The van der Waals surface area contributed by atoms with Gasteiger partial charge in [-0.1, -0.05) is 13.8 Å². The minimum Gasteiger partial charge on any atom is -0.397 e. The highest BCUT2D eigenvalue weighted by molar-refractivity contribution is 5.65. The Morgan fingerprint density at radius 1 is 1.37 bits per heavy atom. The summed E-state index contributed by atoms with van der Waals surface area (Å²) >= 11 is 0. The van der Waals surface area contributed by atoms with Gasteiger partial charge in [-0.15, -0.1) is 0 Å². The largest absolute Gasteiger partial charge is 0.397 e. The lowest BCUT2D eigenvalue weighted by Crippen LogP contribution is -2.35. The van der Waals surface area contributed by atoms with Crippen LogP contribution in [0.1, 0.15) is 26.7 Å². The fourth-order valence-electron chi connectivity index (χ4n) is 2.64. The quantitative estimate of drug-likeness (QED) is 0.822. The van der Waals surface area contributed by atoms with Gasteiger partial charge in [-0.3, -0.25) is 0 Å². The van der Waals surface area contributed by atoms with E-state index in [1.54, 1.807) is 6.07 Å². The van der Waals surface area contributed by atoms with E-state index in [-0.39, 0.29) is 11.2 Å². The van der Waals surface area contributed by atoms with Crippen LogP contribution in [0.25, 0.3) is 0 Å². The average Bonchev–Trinajstić information content (AvgIpc) is 2.39. The van der Waals surface area contributed by atoms with E-state index in [4.69, 9.17) is 10.5 Å². The molecule has 1 saturated heterocycles. The van der Waals surface area contributed by atoms with Gasteiger partial charge in [-0.05, 0) is 42.4 Å². The summed E-state index contributed by atoms with van der Waals surface area (Å²) in [6, 6.07) is 4.48. The molecule has 0 unspecified atom stereocenters. The molecule has 0 saturated carbocycles. The maximum Gasteiger partial charge on any atom is 0.125 e. The van der Waals surface area contributed by atoms with Crippen LogP contribution >= 0.6 is 0 Å². The van der Waals surface area contributed by atoms with Crippen LogP contribution in [0.3, 0.4) is 0 Å². The number of anilines is 2. The molecule has 106 valence electrons. The molecule has 0 atom stereocenters. The van der Waals surface area contributed by atoms with Crippen molar-refractivity contribution in [1.82, 2.24) is 0 Å². The van der Waals surface area contributed by atoms with Gasteiger partial charge in [0.05, 0.1) is 11.4 Å². The molecular weight excluding hydrogens is 243 g/mol. The highest BCUT2D eigenvalue weighted by atomic mass is 19.1. The number of nitrogen functional groups attached to an aromatic ring is 1. The van der Waals surface area contributed by atoms with Crippen molar-refractivity contribution in [3.8, 4) is 0 Å². The Balaban J connectivity index is 1.96. The summed E-state index contributed by atoms with van der Waals surface area (Å²) < 4.78 is 18.4. The van der Waals surface area contributed by atoms with Crippen molar-refractivity contribution in [3.05, 3.63) is 24.0 Å².